The van der Waals surface area contributed by atoms with E-state index in [-0.39, 0.29) is 12.1 Å². The molecule has 3 atom stereocenters. The fourth-order valence-corrected chi connectivity index (χ4v) is 4.15. The van der Waals surface area contributed by atoms with E-state index >= 15 is 0 Å². The average molecular weight is 338 g/mol. The van der Waals surface area contributed by atoms with E-state index in [0.29, 0.717) is 43.1 Å². The number of fused-ring (bicyclic) bond motifs is 1. The van der Waals surface area contributed by atoms with Crippen LogP contribution in [0, 0.1) is 11.8 Å². The molecule has 3 rings (SSSR count). The van der Waals surface area contributed by atoms with Gasteiger partial charge in [-0.15, -0.1) is 11.3 Å². The standard InChI is InChI=1S/C16H22N2O4S/c1-5-21-14(19)11-8-23-13(17-11)12-9-6-18(7-10(9)12)15(20)22-16(2,3)4/h8-10,12H,5-7H2,1-4H3/t9-,10+,12?. The molecule has 0 radical (unpaired) electrons. The van der Waals surface area contributed by atoms with Gasteiger partial charge >= 0.3 is 12.1 Å². The highest BCUT2D eigenvalue weighted by molar-refractivity contribution is 7.10. The first-order valence-electron chi connectivity index (χ1n) is 7.90. The molecule has 6 nitrogen and oxygen atoms in total. The van der Waals surface area contributed by atoms with Crippen molar-refractivity contribution in [2.24, 2.45) is 11.8 Å². The fourth-order valence-electron chi connectivity index (χ4n) is 3.11. The Kier molecular flexibility index (Phi) is 4.08. The Morgan fingerprint density at radius 2 is 2.00 bits per heavy atom. The molecule has 1 saturated heterocycles. The molecule has 1 saturated carbocycles. The van der Waals surface area contributed by atoms with Crippen LogP contribution in [0.15, 0.2) is 5.38 Å². The number of thiazole rings is 1. The first-order valence-corrected chi connectivity index (χ1v) is 8.78. The van der Waals surface area contributed by atoms with Crippen LogP contribution >= 0.6 is 11.3 Å². The molecular formula is C16H22N2O4S. The predicted molar refractivity (Wildman–Crippen MR) is 85.6 cm³/mol. The van der Waals surface area contributed by atoms with Gasteiger partial charge in [-0.25, -0.2) is 14.6 Å². The number of carbonyl (C=O) groups excluding carboxylic acids is 2. The second kappa shape index (κ2) is 5.78. The molecule has 2 fully saturated rings. The highest BCUT2D eigenvalue weighted by atomic mass is 32.1. The molecule has 2 heterocycles. The minimum absolute atomic E-state index is 0.241. The van der Waals surface area contributed by atoms with Gasteiger partial charge in [0.05, 0.1) is 11.6 Å². The van der Waals surface area contributed by atoms with E-state index in [1.165, 1.54) is 11.3 Å². The maximum Gasteiger partial charge on any atom is 0.410 e. The molecule has 1 aromatic rings. The zero-order valence-corrected chi connectivity index (χ0v) is 14.7. The Morgan fingerprint density at radius 1 is 1.35 bits per heavy atom. The van der Waals surface area contributed by atoms with Crippen molar-refractivity contribution in [3.8, 4) is 0 Å². The SMILES string of the molecule is CCOC(=O)c1csc(C2[C@H]3CN(C(=O)OC(C)(C)C)C[C@@H]23)n1. The highest BCUT2D eigenvalue weighted by Crippen LogP contribution is 2.58. The molecule has 1 aromatic heterocycles. The molecule has 0 N–H and O–H groups in total. The van der Waals surface area contributed by atoms with Crippen molar-refractivity contribution >= 4 is 23.4 Å². The summed E-state index contributed by atoms with van der Waals surface area (Å²) in [5.74, 6) is 0.866. The average Bonchev–Trinajstić information content (AvgIpc) is 2.85. The van der Waals surface area contributed by atoms with Crippen LogP contribution in [0.4, 0.5) is 4.79 Å². The van der Waals surface area contributed by atoms with Gasteiger partial charge < -0.3 is 14.4 Å². The summed E-state index contributed by atoms with van der Waals surface area (Å²) in [5.41, 5.74) is -0.0755. The lowest BCUT2D eigenvalue weighted by molar-refractivity contribution is 0.0271. The highest BCUT2D eigenvalue weighted by Gasteiger charge is 2.59. The monoisotopic (exact) mass is 338 g/mol. The number of esters is 1. The maximum atomic E-state index is 12.1. The van der Waals surface area contributed by atoms with Crippen LogP contribution in [-0.2, 0) is 9.47 Å². The van der Waals surface area contributed by atoms with Crippen LogP contribution in [0.1, 0.15) is 49.1 Å². The van der Waals surface area contributed by atoms with Gasteiger partial charge in [0.1, 0.15) is 5.60 Å². The van der Waals surface area contributed by atoms with Gasteiger partial charge in [0.15, 0.2) is 5.69 Å². The van der Waals surface area contributed by atoms with E-state index in [1.807, 2.05) is 20.8 Å². The smallest absolute Gasteiger partial charge is 0.410 e. The summed E-state index contributed by atoms with van der Waals surface area (Å²) in [6.45, 7) is 9.16. The normalized spacial score (nSPS) is 25.9. The van der Waals surface area contributed by atoms with Crippen molar-refractivity contribution in [3.63, 3.8) is 0 Å². The Balaban J connectivity index is 1.56. The number of ether oxygens (including phenoxy) is 2. The van der Waals surface area contributed by atoms with E-state index in [9.17, 15) is 9.59 Å². The van der Waals surface area contributed by atoms with E-state index in [0.717, 1.165) is 5.01 Å². The van der Waals surface area contributed by atoms with Gasteiger partial charge in [0.2, 0.25) is 0 Å². The summed E-state index contributed by atoms with van der Waals surface area (Å²) in [6.07, 6.45) is -0.241. The van der Waals surface area contributed by atoms with Crippen LogP contribution < -0.4 is 0 Å². The first kappa shape index (κ1) is 16.2. The number of aromatic nitrogens is 1. The largest absolute Gasteiger partial charge is 0.461 e. The van der Waals surface area contributed by atoms with Crippen molar-refractivity contribution in [2.45, 2.75) is 39.2 Å². The molecule has 0 aromatic carbocycles. The summed E-state index contributed by atoms with van der Waals surface area (Å²) in [7, 11) is 0. The third kappa shape index (κ3) is 3.34. The molecule has 7 heteroatoms. The van der Waals surface area contributed by atoms with Gasteiger partial charge in [-0.3, -0.25) is 0 Å². The first-order chi connectivity index (χ1) is 10.8. The van der Waals surface area contributed by atoms with Gasteiger partial charge in [-0.05, 0) is 39.5 Å². The molecule has 1 aliphatic heterocycles. The molecule has 1 unspecified atom stereocenters. The minimum atomic E-state index is -0.465. The van der Waals surface area contributed by atoms with Crippen molar-refractivity contribution in [2.75, 3.05) is 19.7 Å². The number of nitrogens with zero attached hydrogens (tertiary/aromatic N) is 2. The number of rotatable bonds is 3. The zero-order chi connectivity index (χ0) is 16.8. The zero-order valence-electron chi connectivity index (χ0n) is 13.9. The summed E-state index contributed by atoms with van der Waals surface area (Å²) in [6, 6.07) is 0. The third-order valence-corrected chi connectivity index (χ3v) is 5.08. The number of hydrogen-bond donors (Lipinski definition) is 0. The van der Waals surface area contributed by atoms with E-state index < -0.39 is 5.60 Å². The molecule has 1 aliphatic carbocycles. The lowest BCUT2D eigenvalue weighted by Crippen LogP contribution is -2.36. The van der Waals surface area contributed by atoms with Crippen molar-refractivity contribution in [1.82, 2.24) is 9.88 Å². The molecule has 0 spiro atoms. The van der Waals surface area contributed by atoms with Gasteiger partial charge in [0.25, 0.3) is 0 Å². The lowest BCUT2D eigenvalue weighted by atomic mass is 10.2. The van der Waals surface area contributed by atoms with Gasteiger partial charge in [-0.1, -0.05) is 0 Å². The number of amides is 1. The van der Waals surface area contributed by atoms with Crippen molar-refractivity contribution in [1.29, 1.82) is 0 Å². The number of likely N-dealkylation sites (tertiary alicyclic amines) is 1. The van der Waals surface area contributed by atoms with E-state index in [1.54, 1.807) is 17.2 Å². The summed E-state index contributed by atoms with van der Waals surface area (Å²) >= 11 is 1.50. The van der Waals surface area contributed by atoms with Crippen LogP contribution in [-0.4, -0.2) is 47.2 Å². The Hall–Kier alpha value is -1.63. The number of carbonyl (C=O) groups is 2. The Labute approximate surface area is 139 Å². The van der Waals surface area contributed by atoms with E-state index in [4.69, 9.17) is 9.47 Å². The van der Waals surface area contributed by atoms with Crippen LogP contribution in [0.25, 0.3) is 0 Å². The molecule has 2 aliphatic rings. The Bertz CT molecular complexity index is 610. The number of piperidine rings is 1. The maximum absolute atomic E-state index is 12.1. The third-order valence-electron chi connectivity index (χ3n) is 4.14. The lowest BCUT2D eigenvalue weighted by Gasteiger charge is -2.25. The van der Waals surface area contributed by atoms with E-state index in [2.05, 4.69) is 4.98 Å². The number of hydrogen-bond acceptors (Lipinski definition) is 6. The minimum Gasteiger partial charge on any atom is -0.461 e. The summed E-state index contributed by atoms with van der Waals surface area (Å²) < 4.78 is 10.4. The summed E-state index contributed by atoms with van der Waals surface area (Å²) in [4.78, 5) is 29.9. The van der Waals surface area contributed by atoms with Gasteiger partial charge in [0, 0.05) is 24.4 Å². The fraction of sp³-hybridized carbons (Fsp3) is 0.688. The second-order valence-corrected chi connectivity index (χ2v) is 7.92. The van der Waals surface area contributed by atoms with Crippen molar-refractivity contribution < 1.29 is 19.1 Å². The summed E-state index contributed by atoms with van der Waals surface area (Å²) in [5, 5.41) is 2.74. The second-order valence-electron chi connectivity index (χ2n) is 7.03. The predicted octanol–water partition coefficient (Wildman–Crippen LogP) is 2.90. The van der Waals surface area contributed by atoms with Crippen LogP contribution in [0.5, 0.6) is 0 Å². The quantitative estimate of drug-likeness (QED) is 0.793. The molecule has 0 bridgehead atoms. The van der Waals surface area contributed by atoms with Crippen LogP contribution in [0.3, 0.4) is 0 Å². The van der Waals surface area contributed by atoms with Crippen LogP contribution in [0.2, 0.25) is 0 Å². The van der Waals surface area contributed by atoms with Crippen molar-refractivity contribution in [3.05, 3.63) is 16.1 Å². The molecule has 1 amide bonds. The topological polar surface area (TPSA) is 68.7 Å². The molecule has 23 heavy (non-hydrogen) atoms. The Morgan fingerprint density at radius 3 is 2.57 bits per heavy atom. The molecule has 126 valence electrons. The van der Waals surface area contributed by atoms with Gasteiger partial charge in [-0.2, -0.15) is 0 Å². The molecular weight excluding hydrogens is 316 g/mol.